The summed E-state index contributed by atoms with van der Waals surface area (Å²) in [4.78, 5) is 0. The summed E-state index contributed by atoms with van der Waals surface area (Å²) in [6.07, 6.45) is -0.377. The smallest absolute Gasteiger partial charge is 0.187 e. The van der Waals surface area contributed by atoms with E-state index in [-0.39, 0.29) is 18.3 Å². The van der Waals surface area contributed by atoms with Gasteiger partial charge in [-0.1, -0.05) is 0 Å². The standard InChI is InChI=1S/C13H20O6/c1-14-10-9(8-6-5-7-18-8)19-13(17-4)12(16-3)11(10)15-2/h5-7,9-13H,1-4H3/t9-,10-,11+,12+,13+/m1/s1. The summed E-state index contributed by atoms with van der Waals surface area (Å²) < 4.78 is 33.0. The second kappa shape index (κ2) is 6.49. The average molecular weight is 272 g/mol. The monoisotopic (exact) mass is 272 g/mol. The van der Waals surface area contributed by atoms with Crippen molar-refractivity contribution in [1.29, 1.82) is 0 Å². The summed E-state index contributed by atoms with van der Waals surface area (Å²) in [5, 5.41) is 0. The van der Waals surface area contributed by atoms with Crippen molar-refractivity contribution in [1.82, 2.24) is 0 Å². The van der Waals surface area contributed by atoms with E-state index in [2.05, 4.69) is 0 Å². The van der Waals surface area contributed by atoms with Gasteiger partial charge in [0.15, 0.2) is 6.29 Å². The van der Waals surface area contributed by atoms with Crippen molar-refractivity contribution < 1.29 is 28.1 Å². The first-order chi connectivity index (χ1) is 9.26. The average Bonchev–Trinajstić information content (AvgIpc) is 2.98. The molecule has 1 fully saturated rings. The first-order valence-corrected chi connectivity index (χ1v) is 6.06. The molecule has 0 N–H and O–H groups in total. The van der Waals surface area contributed by atoms with Crippen molar-refractivity contribution in [3.8, 4) is 0 Å². The van der Waals surface area contributed by atoms with E-state index in [9.17, 15) is 0 Å². The Morgan fingerprint density at radius 1 is 0.895 bits per heavy atom. The summed E-state index contributed by atoms with van der Waals surface area (Å²) in [7, 11) is 6.37. The fourth-order valence-corrected chi connectivity index (χ4v) is 2.46. The van der Waals surface area contributed by atoms with E-state index in [4.69, 9.17) is 28.1 Å². The van der Waals surface area contributed by atoms with Gasteiger partial charge in [0, 0.05) is 28.4 Å². The molecule has 0 aromatic carbocycles. The van der Waals surface area contributed by atoms with Crippen LogP contribution in [0, 0.1) is 0 Å². The van der Waals surface area contributed by atoms with E-state index in [1.165, 1.54) is 0 Å². The maximum absolute atomic E-state index is 5.87. The molecule has 2 rings (SSSR count). The van der Waals surface area contributed by atoms with Gasteiger partial charge in [0.2, 0.25) is 0 Å². The highest BCUT2D eigenvalue weighted by atomic mass is 16.7. The van der Waals surface area contributed by atoms with Gasteiger partial charge in [0.1, 0.15) is 30.2 Å². The van der Waals surface area contributed by atoms with Crippen LogP contribution < -0.4 is 0 Å². The summed E-state index contributed by atoms with van der Waals surface area (Å²) >= 11 is 0. The van der Waals surface area contributed by atoms with Crippen molar-refractivity contribution in [2.45, 2.75) is 30.7 Å². The maximum Gasteiger partial charge on any atom is 0.187 e. The molecule has 0 bridgehead atoms. The Morgan fingerprint density at radius 3 is 2.05 bits per heavy atom. The molecule has 19 heavy (non-hydrogen) atoms. The molecule has 2 heterocycles. The number of methoxy groups -OCH3 is 4. The number of furan rings is 1. The molecule has 1 aliphatic rings. The van der Waals surface area contributed by atoms with Crippen molar-refractivity contribution in [3.05, 3.63) is 24.2 Å². The summed E-state index contributed by atoms with van der Waals surface area (Å²) in [5.41, 5.74) is 0. The lowest BCUT2D eigenvalue weighted by atomic mass is 9.96. The zero-order chi connectivity index (χ0) is 13.8. The van der Waals surface area contributed by atoms with Gasteiger partial charge in [-0.05, 0) is 12.1 Å². The van der Waals surface area contributed by atoms with Crippen molar-refractivity contribution >= 4 is 0 Å². The third-order valence-corrected chi connectivity index (χ3v) is 3.37. The molecule has 0 unspecified atom stereocenters. The molecule has 1 saturated heterocycles. The van der Waals surface area contributed by atoms with Gasteiger partial charge in [-0.15, -0.1) is 0 Å². The molecule has 0 amide bonds. The minimum absolute atomic E-state index is 0.316. The predicted octanol–water partition coefficient (Wildman–Crippen LogP) is 1.37. The fourth-order valence-electron chi connectivity index (χ4n) is 2.46. The van der Waals surface area contributed by atoms with Crippen LogP contribution in [0.5, 0.6) is 0 Å². The zero-order valence-electron chi connectivity index (χ0n) is 11.6. The molecule has 5 atom stereocenters. The van der Waals surface area contributed by atoms with Crippen molar-refractivity contribution in [2.24, 2.45) is 0 Å². The Kier molecular flexibility index (Phi) is 4.95. The predicted molar refractivity (Wildman–Crippen MR) is 65.7 cm³/mol. The molecule has 1 aromatic heterocycles. The Morgan fingerprint density at radius 2 is 1.58 bits per heavy atom. The minimum Gasteiger partial charge on any atom is -0.466 e. The summed E-state index contributed by atoms with van der Waals surface area (Å²) in [6, 6.07) is 3.64. The highest BCUT2D eigenvalue weighted by molar-refractivity contribution is 5.08. The topological polar surface area (TPSA) is 59.3 Å². The maximum atomic E-state index is 5.87. The lowest BCUT2D eigenvalue weighted by molar-refractivity contribution is -0.307. The molecular weight excluding hydrogens is 252 g/mol. The minimum atomic E-state index is -0.545. The number of ether oxygens (including phenoxy) is 5. The molecule has 1 aliphatic heterocycles. The molecule has 0 saturated carbocycles. The lowest BCUT2D eigenvalue weighted by Gasteiger charge is -2.43. The third kappa shape index (κ3) is 2.68. The van der Waals surface area contributed by atoms with E-state index >= 15 is 0 Å². The van der Waals surface area contributed by atoms with Gasteiger partial charge in [-0.2, -0.15) is 0 Å². The molecule has 6 nitrogen and oxygen atoms in total. The molecule has 0 spiro atoms. The van der Waals surface area contributed by atoms with Gasteiger partial charge < -0.3 is 28.1 Å². The van der Waals surface area contributed by atoms with Crippen LogP contribution in [-0.2, 0) is 23.7 Å². The Hall–Kier alpha value is -0.920. The van der Waals surface area contributed by atoms with Crippen LogP contribution in [-0.4, -0.2) is 53.0 Å². The molecule has 1 aromatic rings. The molecule has 0 aliphatic carbocycles. The Bertz CT molecular complexity index is 365. The second-order valence-corrected chi connectivity index (χ2v) is 4.28. The van der Waals surface area contributed by atoms with Crippen LogP contribution in [0.1, 0.15) is 11.9 Å². The largest absolute Gasteiger partial charge is 0.466 e. The van der Waals surface area contributed by atoms with Crippen LogP contribution in [0.15, 0.2) is 22.8 Å². The van der Waals surface area contributed by atoms with Crippen molar-refractivity contribution in [2.75, 3.05) is 28.4 Å². The van der Waals surface area contributed by atoms with E-state index in [1.807, 2.05) is 6.07 Å². The number of hydrogen-bond donors (Lipinski definition) is 0. The highest BCUT2D eigenvalue weighted by Gasteiger charge is 2.48. The summed E-state index contributed by atoms with van der Waals surface area (Å²) in [6.45, 7) is 0. The van der Waals surface area contributed by atoms with Gasteiger partial charge in [0.05, 0.1) is 6.26 Å². The van der Waals surface area contributed by atoms with Crippen LogP contribution in [0.3, 0.4) is 0 Å². The van der Waals surface area contributed by atoms with E-state index in [1.54, 1.807) is 40.8 Å². The normalized spacial score (nSPS) is 35.5. The van der Waals surface area contributed by atoms with Gasteiger partial charge in [-0.25, -0.2) is 0 Å². The van der Waals surface area contributed by atoms with Gasteiger partial charge in [0.25, 0.3) is 0 Å². The SMILES string of the molecule is CO[C@H]1O[C@H](c2ccco2)[C@@H](OC)[C@H](OC)[C@@H]1OC. The molecule has 108 valence electrons. The van der Waals surface area contributed by atoms with Crippen LogP contribution in [0.2, 0.25) is 0 Å². The lowest BCUT2D eigenvalue weighted by Crippen LogP contribution is -2.56. The summed E-state index contributed by atoms with van der Waals surface area (Å²) in [5.74, 6) is 0.672. The molecular formula is C13H20O6. The fraction of sp³-hybridized carbons (Fsp3) is 0.692. The first-order valence-electron chi connectivity index (χ1n) is 6.06. The molecule has 6 heteroatoms. The molecule has 0 radical (unpaired) electrons. The van der Waals surface area contributed by atoms with Gasteiger partial charge in [-0.3, -0.25) is 0 Å². The third-order valence-electron chi connectivity index (χ3n) is 3.37. The number of hydrogen-bond acceptors (Lipinski definition) is 6. The van der Waals surface area contributed by atoms with Crippen LogP contribution >= 0.6 is 0 Å². The van der Waals surface area contributed by atoms with Crippen LogP contribution in [0.25, 0.3) is 0 Å². The highest BCUT2D eigenvalue weighted by Crippen LogP contribution is 2.36. The quantitative estimate of drug-likeness (QED) is 0.807. The first kappa shape index (κ1) is 14.5. The second-order valence-electron chi connectivity index (χ2n) is 4.28. The van der Waals surface area contributed by atoms with Gasteiger partial charge >= 0.3 is 0 Å². The van der Waals surface area contributed by atoms with E-state index in [0.29, 0.717) is 5.76 Å². The van der Waals surface area contributed by atoms with Crippen molar-refractivity contribution in [3.63, 3.8) is 0 Å². The Balaban J connectivity index is 2.29. The number of rotatable bonds is 5. The Labute approximate surface area is 112 Å². The van der Waals surface area contributed by atoms with E-state index < -0.39 is 12.4 Å². The van der Waals surface area contributed by atoms with Crippen LogP contribution in [0.4, 0.5) is 0 Å². The zero-order valence-corrected chi connectivity index (χ0v) is 11.6. The van der Waals surface area contributed by atoms with E-state index in [0.717, 1.165) is 0 Å².